The highest BCUT2D eigenvalue weighted by Gasteiger charge is 2.27. The molecule has 1 heterocycles. The largest absolute Gasteiger partial charge is 0.396 e. The van der Waals surface area contributed by atoms with E-state index in [1.54, 1.807) is 11.3 Å². The van der Waals surface area contributed by atoms with Crippen LogP contribution >= 0.6 is 22.9 Å². The smallest absolute Gasteiger partial charge is 0.0931 e. The number of thiophene rings is 1. The molecule has 86 valence electrons. The Labute approximate surface area is 100 Å². The van der Waals surface area contributed by atoms with Crippen LogP contribution in [0.1, 0.15) is 24.6 Å². The molecule has 0 fully saturated rings. The molecular weight excluding hydrogens is 230 g/mol. The van der Waals surface area contributed by atoms with Gasteiger partial charge in [-0.25, -0.2) is 0 Å². The van der Waals surface area contributed by atoms with Gasteiger partial charge in [0.1, 0.15) is 0 Å². The zero-order valence-corrected chi connectivity index (χ0v) is 10.6. The highest BCUT2D eigenvalue weighted by Crippen LogP contribution is 2.31. The quantitative estimate of drug-likeness (QED) is 0.812. The van der Waals surface area contributed by atoms with Crippen molar-refractivity contribution in [3.8, 4) is 0 Å². The third-order valence-corrected chi connectivity index (χ3v) is 3.96. The summed E-state index contributed by atoms with van der Waals surface area (Å²) in [7, 11) is 0. The van der Waals surface area contributed by atoms with Crippen LogP contribution in [-0.2, 0) is 6.42 Å². The lowest BCUT2D eigenvalue weighted by molar-refractivity contribution is 0.122. The minimum Gasteiger partial charge on any atom is -0.396 e. The summed E-state index contributed by atoms with van der Waals surface area (Å²) in [6.07, 6.45) is 2.82. The molecule has 0 saturated carbocycles. The SMILES string of the molecule is CCCC(CN)(CO)Cc1ccc(Cl)s1. The van der Waals surface area contributed by atoms with Gasteiger partial charge in [-0.05, 0) is 25.0 Å². The molecule has 1 unspecified atom stereocenters. The van der Waals surface area contributed by atoms with Gasteiger partial charge in [-0.15, -0.1) is 11.3 Å². The maximum absolute atomic E-state index is 9.47. The fourth-order valence-electron chi connectivity index (χ4n) is 1.81. The van der Waals surface area contributed by atoms with Gasteiger partial charge in [0.15, 0.2) is 0 Å². The average Bonchev–Trinajstić information content (AvgIpc) is 2.63. The molecule has 0 aromatic carbocycles. The predicted octanol–water partition coefficient (Wildman–Crippen LogP) is 2.68. The van der Waals surface area contributed by atoms with E-state index >= 15 is 0 Å². The summed E-state index contributed by atoms with van der Waals surface area (Å²) in [5.74, 6) is 0. The zero-order chi connectivity index (χ0) is 11.3. The minimum atomic E-state index is -0.164. The van der Waals surface area contributed by atoms with Crippen LogP contribution in [0.2, 0.25) is 4.34 Å². The van der Waals surface area contributed by atoms with Gasteiger partial charge in [-0.1, -0.05) is 24.9 Å². The Bertz CT molecular complexity index is 297. The maximum atomic E-state index is 9.47. The van der Waals surface area contributed by atoms with Gasteiger partial charge < -0.3 is 10.8 Å². The van der Waals surface area contributed by atoms with Gasteiger partial charge in [0.05, 0.1) is 10.9 Å². The Kier molecular flexibility index (Phi) is 5.06. The Morgan fingerprint density at radius 3 is 2.67 bits per heavy atom. The second-order valence-electron chi connectivity index (χ2n) is 3.99. The third kappa shape index (κ3) is 3.45. The van der Waals surface area contributed by atoms with E-state index in [-0.39, 0.29) is 12.0 Å². The average molecular weight is 248 g/mol. The number of rotatable bonds is 6. The highest BCUT2D eigenvalue weighted by atomic mass is 35.5. The highest BCUT2D eigenvalue weighted by molar-refractivity contribution is 7.16. The molecule has 2 nitrogen and oxygen atoms in total. The van der Waals surface area contributed by atoms with Gasteiger partial charge in [0, 0.05) is 16.8 Å². The summed E-state index contributed by atoms with van der Waals surface area (Å²) in [6, 6.07) is 3.91. The van der Waals surface area contributed by atoms with Crippen molar-refractivity contribution in [3.05, 3.63) is 21.3 Å². The van der Waals surface area contributed by atoms with E-state index in [1.807, 2.05) is 12.1 Å². The Morgan fingerprint density at radius 1 is 1.53 bits per heavy atom. The number of halogens is 1. The van der Waals surface area contributed by atoms with Crippen molar-refractivity contribution in [2.24, 2.45) is 11.1 Å². The summed E-state index contributed by atoms with van der Waals surface area (Å²) in [4.78, 5) is 1.20. The van der Waals surface area contributed by atoms with Crippen molar-refractivity contribution in [2.75, 3.05) is 13.2 Å². The fraction of sp³-hybridized carbons (Fsp3) is 0.636. The lowest BCUT2D eigenvalue weighted by atomic mass is 9.80. The molecule has 1 aromatic rings. The summed E-state index contributed by atoms with van der Waals surface area (Å²) in [5, 5.41) is 9.47. The molecule has 0 aliphatic carbocycles. The first-order valence-corrected chi connectivity index (χ1v) is 6.40. The summed E-state index contributed by atoms with van der Waals surface area (Å²) >= 11 is 7.45. The summed E-state index contributed by atoms with van der Waals surface area (Å²) in [5.41, 5.74) is 5.61. The number of hydrogen-bond donors (Lipinski definition) is 2. The lowest BCUT2D eigenvalue weighted by Crippen LogP contribution is -2.36. The van der Waals surface area contributed by atoms with Crippen molar-refractivity contribution >= 4 is 22.9 Å². The molecule has 0 aliphatic rings. The number of hydrogen-bond acceptors (Lipinski definition) is 3. The zero-order valence-electron chi connectivity index (χ0n) is 9.00. The molecule has 1 aromatic heterocycles. The number of aliphatic hydroxyl groups excluding tert-OH is 1. The van der Waals surface area contributed by atoms with Crippen molar-refractivity contribution in [3.63, 3.8) is 0 Å². The van der Waals surface area contributed by atoms with Gasteiger partial charge >= 0.3 is 0 Å². The third-order valence-electron chi connectivity index (χ3n) is 2.73. The molecule has 4 heteroatoms. The Morgan fingerprint density at radius 2 is 2.27 bits per heavy atom. The van der Waals surface area contributed by atoms with E-state index in [9.17, 15) is 5.11 Å². The van der Waals surface area contributed by atoms with Crippen LogP contribution in [0.5, 0.6) is 0 Å². The monoisotopic (exact) mass is 247 g/mol. The molecule has 0 radical (unpaired) electrons. The van der Waals surface area contributed by atoms with Crippen molar-refractivity contribution in [2.45, 2.75) is 26.2 Å². The predicted molar refractivity (Wildman–Crippen MR) is 66.5 cm³/mol. The van der Waals surface area contributed by atoms with E-state index in [4.69, 9.17) is 17.3 Å². The van der Waals surface area contributed by atoms with E-state index in [1.165, 1.54) is 4.88 Å². The number of nitrogens with two attached hydrogens (primary N) is 1. The molecule has 3 N–H and O–H groups in total. The molecule has 0 bridgehead atoms. The van der Waals surface area contributed by atoms with Crippen molar-refractivity contribution in [1.29, 1.82) is 0 Å². The van der Waals surface area contributed by atoms with Crippen LogP contribution in [-0.4, -0.2) is 18.3 Å². The molecule has 1 atom stereocenters. The van der Waals surface area contributed by atoms with Crippen LogP contribution in [0, 0.1) is 5.41 Å². The molecule has 0 amide bonds. The van der Waals surface area contributed by atoms with E-state index in [2.05, 4.69) is 6.92 Å². The van der Waals surface area contributed by atoms with Gasteiger partial charge in [-0.2, -0.15) is 0 Å². The van der Waals surface area contributed by atoms with Crippen LogP contribution < -0.4 is 5.73 Å². The Balaban J connectivity index is 2.73. The van der Waals surface area contributed by atoms with Crippen molar-refractivity contribution < 1.29 is 5.11 Å². The molecule has 0 aliphatic heterocycles. The summed E-state index contributed by atoms with van der Waals surface area (Å²) in [6.45, 7) is 2.78. The van der Waals surface area contributed by atoms with Crippen LogP contribution in [0.4, 0.5) is 0 Å². The van der Waals surface area contributed by atoms with Crippen LogP contribution in [0.3, 0.4) is 0 Å². The lowest BCUT2D eigenvalue weighted by Gasteiger charge is -2.29. The van der Waals surface area contributed by atoms with Gasteiger partial charge in [0.25, 0.3) is 0 Å². The normalized spacial score (nSPS) is 15.2. The molecule has 0 saturated heterocycles. The van der Waals surface area contributed by atoms with E-state index < -0.39 is 0 Å². The second kappa shape index (κ2) is 5.85. The Hall–Kier alpha value is -0.0900. The molecule has 0 spiro atoms. The topological polar surface area (TPSA) is 46.2 Å². The van der Waals surface area contributed by atoms with Crippen LogP contribution in [0.15, 0.2) is 12.1 Å². The first-order valence-electron chi connectivity index (χ1n) is 5.21. The van der Waals surface area contributed by atoms with E-state index in [0.717, 1.165) is 23.6 Å². The minimum absolute atomic E-state index is 0.146. The first-order chi connectivity index (χ1) is 7.15. The fourth-order valence-corrected chi connectivity index (χ4v) is 3.07. The molecule has 15 heavy (non-hydrogen) atoms. The summed E-state index contributed by atoms with van der Waals surface area (Å²) < 4.78 is 0.797. The van der Waals surface area contributed by atoms with Crippen molar-refractivity contribution in [1.82, 2.24) is 0 Å². The molecular formula is C11H18ClNOS. The maximum Gasteiger partial charge on any atom is 0.0931 e. The van der Waals surface area contributed by atoms with Crippen LogP contribution in [0.25, 0.3) is 0 Å². The van der Waals surface area contributed by atoms with Gasteiger partial charge in [-0.3, -0.25) is 0 Å². The number of aliphatic hydroxyl groups is 1. The van der Waals surface area contributed by atoms with E-state index in [0.29, 0.717) is 6.54 Å². The first kappa shape index (κ1) is 13.0. The molecule has 1 rings (SSSR count). The van der Waals surface area contributed by atoms with Gasteiger partial charge in [0.2, 0.25) is 0 Å². The standard InChI is InChI=1S/C11H18ClNOS/c1-2-5-11(7-13,8-14)6-9-3-4-10(12)15-9/h3-4,14H,2,5-8,13H2,1H3. The second-order valence-corrected chi connectivity index (χ2v) is 5.79.